The Morgan fingerprint density at radius 2 is 1.65 bits per heavy atom. The van der Waals surface area contributed by atoms with Gasteiger partial charge in [0.1, 0.15) is 6.04 Å². The van der Waals surface area contributed by atoms with Crippen molar-refractivity contribution in [2.75, 3.05) is 6.61 Å². The molecule has 0 fully saturated rings. The fraction of sp³-hybridized carbons (Fsp3) is 0.818. The van der Waals surface area contributed by atoms with Crippen LogP contribution in [0.5, 0.6) is 0 Å². The molecule has 0 aliphatic heterocycles. The van der Waals surface area contributed by atoms with Crippen molar-refractivity contribution < 1.29 is 24.9 Å². The van der Waals surface area contributed by atoms with Crippen molar-refractivity contribution in [3.8, 4) is 0 Å². The molecule has 0 amide bonds. The van der Waals surface area contributed by atoms with E-state index in [-0.39, 0.29) is 6.61 Å². The molecule has 0 bridgehead atoms. The molecular weight excluding hydrogens is 226 g/mol. The molecular formula is C11H23NO5. The molecule has 5 N–H and O–H groups in total. The van der Waals surface area contributed by atoms with Crippen molar-refractivity contribution in [3.63, 3.8) is 0 Å². The second-order valence-electron chi connectivity index (χ2n) is 4.20. The van der Waals surface area contributed by atoms with E-state index < -0.39 is 23.9 Å². The van der Waals surface area contributed by atoms with Crippen LogP contribution in [0.1, 0.15) is 33.6 Å². The Balaban J connectivity index is 0. The first kappa shape index (κ1) is 18.2. The van der Waals surface area contributed by atoms with Crippen molar-refractivity contribution in [1.82, 2.24) is 0 Å². The molecule has 0 aliphatic carbocycles. The molecule has 6 nitrogen and oxygen atoms in total. The number of aliphatic hydroxyl groups is 1. The maximum atomic E-state index is 10.1. The Hall–Kier alpha value is -1.14. The van der Waals surface area contributed by atoms with Gasteiger partial charge in [0.15, 0.2) is 0 Å². The SMILES string of the molecule is CC(C)CC(N)C(=O)O.CCC(CO)C(=O)O. The van der Waals surface area contributed by atoms with Crippen LogP contribution in [0, 0.1) is 11.8 Å². The van der Waals surface area contributed by atoms with E-state index in [4.69, 9.17) is 21.1 Å². The van der Waals surface area contributed by atoms with E-state index in [9.17, 15) is 9.59 Å². The molecule has 0 rings (SSSR count). The summed E-state index contributed by atoms with van der Waals surface area (Å²) in [5.74, 6) is -2.05. The van der Waals surface area contributed by atoms with Crippen LogP contribution in [0.2, 0.25) is 0 Å². The Morgan fingerprint density at radius 1 is 1.18 bits per heavy atom. The summed E-state index contributed by atoms with van der Waals surface area (Å²) in [6, 6.07) is -0.690. The largest absolute Gasteiger partial charge is 0.481 e. The van der Waals surface area contributed by atoms with E-state index in [0.717, 1.165) is 0 Å². The van der Waals surface area contributed by atoms with E-state index in [0.29, 0.717) is 18.8 Å². The fourth-order valence-electron chi connectivity index (χ4n) is 0.990. The number of hydrogen-bond donors (Lipinski definition) is 4. The summed E-state index contributed by atoms with van der Waals surface area (Å²) in [4.78, 5) is 20.1. The molecule has 0 saturated carbocycles. The van der Waals surface area contributed by atoms with Gasteiger partial charge in [0.25, 0.3) is 0 Å². The standard InChI is InChI=1S/C6H13NO2.C5H10O3/c1-4(2)3-5(7)6(8)9;1-2-4(3-6)5(7)8/h4-5H,3,7H2,1-2H3,(H,8,9);4,6H,2-3H2,1H3,(H,7,8). The van der Waals surface area contributed by atoms with Crippen molar-refractivity contribution in [2.45, 2.75) is 39.7 Å². The maximum absolute atomic E-state index is 10.1. The first-order chi connectivity index (χ1) is 7.76. The lowest BCUT2D eigenvalue weighted by Gasteiger charge is -2.07. The van der Waals surface area contributed by atoms with Gasteiger partial charge in [-0.25, -0.2) is 0 Å². The number of aliphatic carboxylic acids is 2. The van der Waals surface area contributed by atoms with Crippen LogP contribution in [-0.4, -0.2) is 39.9 Å². The first-order valence-electron chi connectivity index (χ1n) is 5.58. The topological polar surface area (TPSA) is 121 Å². The van der Waals surface area contributed by atoms with Gasteiger partial charge in [-0.1, -0.05) is 20.8 Å². The smallest absolute Gasteiger partial charge is 0.320 e. The van der Waals surface area contributed by atoms with Gasteiger partial charge in [-0.15, -0.1) is 0 Å². The minimum atomic E-state index is -0.921. The maximum Gasteiger partial charge on any atom is 0.320 e. The average molecular weight is 249 g/mol. The Bertz CT molecular complexity index is 226. The zero-order valence-electron chi connectivity index (χ0n) is 10.6. The normalized spacial score (nSPS) is 13.5. The third-order valence-corrected chi connectivity index (χ3v) is 2.10. The Labute approximate surface area is 101 Å². The second-order valence-corrected chi connectivity index (χ2v) is 4.20. The van der Waals surface area contributed by atoms with Crippen molar-refractivity contribution >= 4 is 11.9 Å². The zero-order chi connectivity index (χ0) is 14.0. The molecule has 0 aromatic heterocycles. The van der Waals surface area contributed by atoms with E-state index in [1.807, 2.05) is 13.8 Å². The molecule has 0 saturated heterocycles. The van der Waals surface area contributed by atoms with E-state index in [2.05, 4.69) is 0 Å². The lowest BCUT2D eigenvalue weighted by Crippen LogP contribution is -2.31. The minimum Gasteiger partial charge on any atom is -0.481 e. The van der Waals surface area contributed by atoms with Gasteiger partial charge in [0.2, 0.25) is 0 Å². The molecule has 102 valence electrons. The number of nitrogens with two attached hydrogens (primary N) is 1. The molecule has 0 heterocycles. The molecule has 6 heteroatoms. The highest BCUT2D eigenvalue weighted by Crippen LogP contribution is 2.01. The first-order valence-corrected chi connectivity index (χ1v) is 5.58. The van der Waals surface area contributed by atoms with E-state index >= 15 is 0 Å². The van der Waals surface area contributed by atoms with Gasteiger partial charge in [-0.2, -0.15) is 0 Å². The zero-order valence-corrected chi connectivity index (χ0v) is 10.6. The Kier molecular flexibility index (Phi) is 10.8. The molecule has 0 aromatic carbocycles. The van der Waals surface area contributed by atoms with Crippen LogP contribution in [0.25, 0.3) is 0 Å². The fourth-order valence-corrected chi connectivity index (χ4v) is 0.990. The highest BCUT2D eigenvalue weighted by Gasteiger charge is 2.12. The quantitative estimate of drug-likeness (QED) is 0.545. The van der Waals surface area contributed by atoms with Crippen LogP contribution >= 0.6 is 0 Å². The summed E-state index contributed by atoms with van der Waals surface area (Å²) < 4.78 is 0. The summed E-state index contributed by atoms with van der Waals surface area (Å²) in [5.41, 5.74) is 5.22. The number of aliphatic hydroxyl groups excluding tert-OH is 1. The van der Waals surface area contributed by atoms with Gasteiger partial charge in [0.05, 0.1) is 12.5 Å². The molecule has 0 aromatic rings. The van der Waals surface area contributed by atoms with Gasteiger partial charge in [-0.3, -0.25) is 9.59 Å². The monoisotopic (exact) mass is 249 g/mol. The van der Waals surface area contributed by atoms with Gasteiger partial charge >= 0.3 is 11.9 Å². The molecule has 2 unspecified atom stereocenters. The Morgan fingerprint density at radius 3 is 1.71 bits per heavy atom. The molecule has 2 atom stereocenters. The summed E-state index contributed by atoms with van der Waals surface area (Å²) in [6.45, 7) is 5.37. The van der Waals surface area contributed by atoms with Gasteiger partial charge in [-0.05, 0) is 18.8 Å². The molecule has 0 aliphatic rings. The molecule has 17 heavy (non-hydrogen) atoms. The molecule has 0 radical (unpaired) electrons. The highest BCUT2D eigenvalue weighted by molar-refractivity contribution is 5.73. The number of hydrogen-bond acceptors (Lipinski definition) is 4. The minimum absolute atomic E-state index is 0.258. The van der Waals surface area contributed by atoms with Gasteiger partial charge in [0, 0.05) is 0 Å². The summed E-state index contributed by atoms with van der Waals surface area (Å²) >= 11 is 0. The lowest BCUT2D eigenvalue weighted by atomic mass is 10.1. The third-order valence-electron chi connectivity index (χ3n) is 2.10. The van der Waals surface area contributed by atoms with Crippen LogP contribution in [0.4, 0.5) is 0 Å². The summed E-state index contributed by atoms with van der Waals surface area (Å²) in [6.07, 6.45) is 1.04. The van der Waals surface area contributed by atoms with Crippen molar-refractivity contribution in [1.29, 1.82) is 0 Å². The average Bonchev–Trinajstić information content (AvgIpc) is 2.18. The highest BCUT2D eigenvalue weighted by atomic mass is 16.4. The number of carboxylic acids is 2. The van der Waals surface area contributed by atoms with E-state index in [1.165, 1.54) is 0 Å². The second kappa shape index (κ2) is 10.0. The third kappa shape index (κ3) is 11.1. The molecule has 0 spiro atoms. The number of rotatable bonds is 6. The number of carbonyl (C=O) groups is 2. The van der Waals surface area contributed by atoms with Crippen LogP contribution < -0.4 is 5.73 Å². The van der Waals surface area contributed by atoms with Crippen molar-refractivity contribution in [2.24, 2.45) is 17.6 Å². The van der Waals surface area contributed by atoms with Crippen LogP contribution in [0.15, 0.2) is 0 Å². The predicted molar refractivity (Wildman–Crippen MR) is 63.6 cm³/mol. The lowest BCUT2D eigenvalue weighted by molar-refractivity contribution is -0.143. The van der Waals surface area contributed by atoms with Crippen LogP contribution in [0.3, 0.4) is 0 Å². The van der Waals surface area contributed by atoms with Crippen molar-refractivity contribution in [3.05, 3.63) is 0 Å². The van der Waals surface area contributed by atoms with E-state index in [1.54, 1.807) is 6.92 Å². The summed E-state index contributed by atoms with van der Waals surface area (Å²) in [5, 5.41) is 24.8. The van der Waals surface area contributed by atoms with Gasteiger partial charge < -0.3 is 21.1 Å². The summed E-state index contributed by atoms with van der Waals surface area (Å²) in [7, 11) is 0. The van der Waals surface area contributed by atoms with Crippen LogP contribution in [-0.2, 0) is 9.59 Å². The predicted octanol–water partition coefficient (Wildman–Crippen LogP) is 0.534. The number of carboxylic acid groups (broad SMARTS) is 2.